The largest absolute Gasteiger partial charge is 0.506 e. The molecule has 0 heterocycles. The van der Waals surface area contributed by atoms with Crippen LogP contribution in [0.4, 0.5) is 0 Å². The maximum absolute atomic E-state index is 9.94. The highest BCUT2D eigenvalue weighted by Crippen LogP contribution is 2.41. The molecule has 1 saturated carbocycles. The first-order chi connectivity index (χ1) is 7.61. The number of phenols is 1. The molecule has 0 aromatic heterocycles. The van der Waals surface area contributed by atoms with Gasteiger partial charge < -0.3 is 15.6 Å². The summed E-state index contributed by atoms with van der Waals surface area (Å²) < 4.78 is 5.80. The number of methoxy groups -OCH3 is 1. The van der Waals surface area contributed by atoms with E-state index < -0.39 is 0 Å². The standard InChI is InChI=1S/C12H16BrNO2/c1-16-8-5-9(12(15)10(13)6-8)11(14)4-7-2-3-7/h5-7,11,15H,2-4,14H2,1H3/t11-/m0/s1. The Morgan fingerprint density at radius 1 is 1.56 bits per heavy atom. The minimum atomic E-state index is -0.112. The van der Waals surface area contributed by atoms with Gasteiger partial charge in [-0.3, -0.25) is 0 Å². The molecule has 88 valence electrons. The maximum Gasteiger partial charge on any atom is 0.134 e. The van der Waals surface area contributed by atoms with Crippen LogP contribution in [0.5, 0.6) is 11.5 Å². The van der Waals surface area contributed by atoms with Crippen molar-refractivity contribution in [2.24, 2.45) is 11.7 Å². The predicted molar refractivity (Wildman–Crippen MR) is 66.6 cm³/mol. The van der Waals surface area contributed by atoms with Crippen LogP contribution >= 0.6 is 15.9 Å². The molecule has 1 aliphatic rings. The molecule has 0 spiro atoms. The fraction of sp³-hybridized carbons (Fsp3) is 0.500. The molecule has 1 aliphatic carbocycles. The van der Waals surface area contributed by atoms with Gasteiger partial charge >= 0.3 is 0 Å². The molecule has 1 aromatic carbocycles. The summed E-state index contributed by atoms with van der Waals surface area (Å²) in [6.07, 6.45) is 3.46. The molecule has 1 aromatic rings. The molecule has 0 saturated heterocycles. The van der Waals surface area contributed by atoms with E-state index in [2.05, 4.69) is 15.9 Å². The zero-order valence-electron chi connectivity index (χ0n) is 9.24. The third-order valence-electron chi connectivity index (χ3n) is 2.99. The van der Waals surface area contributed by atoms with E-state index in [0.29, 0.717) is 10.2 Å². The minimum Gasteiger partial charge on any atom is -0.506 e. The number of hydrogen-bond acceptors (Lipinski definition) is 3. The summed E-state index contributed by atoms with van der Waals surface area (Å²) in [4.78, 5) is 0. The van der Waals surface area contributed by atoms with Gasteiger partial charge in [-0.25, -0.2) is 0 Å². The van der Waals surface area contributed by atoms with Crippen molar-refractivity contribution in [3.63, 3.8) is 0 Å². The van der Waals surface area contributed by atoms with Gasteiger partial charge in [-0.05, 0) is 40.4 Å². The van der Waals surface area contributed by atoms with Crippen molar-refractivity contribution in [2.45, 2.75) is 25.3 Å². The molecule has 0 aliphatic heterocycles. The van der Waals surface area contributed by atoms with Crippen molar-refractivity contribution >= 4 is 15.9 Å². The van der Waals surface area contributed by atoms with Crippen LogP contribution < -0.4 is 10.5 Å². The molecule has 0 radical (unpaired) electrons. The number of nitrogens with two attached hydrogens (primary N) is 1. The molecule has 1 fully saturated rings. The van der Waals surface area contributed by atoms with Crippen molar-refractivity contribution in [1.29, 1.82) is 0 Å². The summed E-state index contributed by atoms with van der Waals surface area (Å²) in [6.45, 7) is 0. The van der Waals surface area contributed by atoms with E-state index in [1.807, 2.05) is 6.07 Å². The summed E-state index contributed by atoms with van der Waals surface area (Å²) in [6, 6.07) is 3.44. The van der Waals surface area contributed by atoms with Crippen LogP contribution in [0, 0.1) is 5.92 Å². The number of aromatic hydroxyl groups is 1. The van der Waals surface area contributed by atoms with E-state index in [1.54, 1.807) is 13.2 Å². The van der Waals surface area contributed by atoms with Gasteiger partial charge in [0, 0.05) is 11.6 Å². The van der Waals surface area contributed by atoms with Gasteiger partial charge in [0.15, 0.2) is 0 Å². The van der Waals surface area contributed by atoms with Gasteiger partial charge in [0.1, 0.15) is 11.5 Å². The molecule has 3 N–H and O–H groups in total. The highest BCUT2D eigenvalue weighted by molar-refractivity contribution is 9.10. The van der Waals surface area contributed by atoms with Gasteiger partial charge in [-0.2, -0.15) is 0 Å². The van der Waals surface area contributed by atoms with Gasteiger partial charge in [0.25, 0.3) is 0 Å². The van der Waals surface area contributed by atoms with E-state index in [9.17, 15) is 5.11 Å². The van der Waals surface area contributed by atoms with Gasteiger partial charge in [0.2, 0.25) is 0 Å². The van der Waals surface area contributed by atoms with Crippen molar-refractivity contribution in [2.75, 3.05) is 7.11 Å². The SMILES string of the molecule is COc1cc(Br)c(O)c([C@@H](N)CC2CC2)c1. The lowest BCUT2D eigenvalue weighted by Crippen LogP contribution is -2.11. The normalized spacial score (nSPS) is 17.2. The Hall–Kier alpha value is -0.740. The number of halogens is 1. The lowest BCUT2D eigenvalue weighted by Gasteiger charge is -2.15. The summed E-state index contributed by atoms with van der Waals surface area (Å²) >= 11 is 3.30. The minimum absolute atomic E-state index is 0.112. The molecule has 0 bridgehead atoms. The van der Waals surface area contributed by atoms with Crippen molar-refractivity contribution in [3.05, 3.63) is 22.2 Å². The highest BCUT2D eigenvalue weighted by Gasteiger charge is 2.26. The third kappa shape index (κ3) is 2.50. The number of ether oxygens (including phenoxy) is 1. The average Bonchev–Trinajstić information content (AvgIpc) is 3.05. The first kappa shape index (κ1) is 11.7. The smallest absolute Gasteiger partial charge is 0.134 e. The second-order valence-corrected chi connectivity index (χ2v) is 5.19. The van der Waals surface area contributed by atoms with Crippen LogP contribution in [0.25, 0.3) is 0 Å². The number of benzene rings is 1. The van der Waals surface area contributed by atoms with Crippen molar-refractivity contribution < 1.29 is 9.84 Å². The topological polar surface area (TPSA) is 55.5 Å². The molecular weight excluding hydrogens is 270 g/mol. The first-order valence-electron chi connectivity index (χ1n) is 5.43. The average molecular weight is 286 g/mol. The second kappa shape index (κ2) is 4.63. The summed E-state index contributed by atoms with van der Waals surface area (Å²) in [5, 5.41) is 9.94. The Morgan fingerprint density at radius 3 is 2.81 bits per heavy atom. The molecular formula is C12H16BrNO2. The Bertz CT molecular complexity index is 391. The van der Waals surface area contributed by atoms with E-state index in [0.717, 1.165) is 17.9 Å². The molecule has 3 nitrogen and oxygen atoms in total. The van der Waals surface area contributed by atoms with Gasteiger partial charge in [0.05, 0.1) is 11.6 Å². The lowest BCUT2D eigenvalue weighted by atomic mass is 10.0. The van der Waals surface area contributed by atoms with Gasteiger partial charge in [-0.15, -0.1) is 0 Å². The summed E-state index contributed by atoms with van der Waals surface area (Å²) in [5.41, 5.74) is 6.86. The number of phenolic OH excluding ortho intramolecular Hbond substituents is 1. The molecule has 1 atom stereocenters. The van der Waals surface area contributed by atoms with Gasteiger partial charge in [-0.1, -0.05) is 12.8 Å². The quantitative estimate of drug-likeness (QED) is 0.894. The van der Waals surface area contributed by atoms with Crippen molar-refractivity contribution in [3.8, 4) is 11.5 Å². The molecule has 0 amide bonds. The van der Waals surface area contributed by atoms with Crippen LogP contribution in [-0.2, 0) is 0 Å². The molecule has 16 heavy (non-hydrogen) atoms. The van der Waals surface area contributed by atoms with E-state index >= 15 is 0 Å². The van der Waals surface area contributed by atoms with Crippen LogP contribution in [0.15, 0.2) is 16.6 Å². The van der Waals surface area contributed by atoms with Crippen LogP contribution in [-0.4, -0.2) is 12.2 Å². The Balaban J connectivity index is 2.25. The van der Waals surface area contributed by atoms with E-state index in [4.69, 9.17) is 10.5 Å². The molecule has 4 heteroatoms. The fourth-order valence-electron chi connectivity index (χ4n) is 1.83. The summed E-state index contributed by atoms with van der Waals surface area (Å²) in [7, 11) is 1.61. The zero-order chi connectivity index (χ0) is 11.7. The third-order valence-corrected chi connectivity index (χ3v) is 3.59. The monoisotopic (exact) mass is 285 g/mol. The number of hydrogen-bond donors (Lipinski definition) is 2. The Morgan fingerprint density at radius 2 is 2.25 bits per heavy atom. The zero-order valence-corrected chi connectivity index (χ0v) is 10.8. The number of rotatable bonds is 4. The summed E-state index contributed by atoms with van der Waals surface area (Å²) in [5.74, 6) is 1.68. The maximum atomic E-state index is 9.94. The predicted octanol–water partition coefficient (Wildman–Crippen LogP) is 2.96. The Kier molecular flexibility index (Phi) is 3.40. The van der Waals surface area contributed by atoms with Crippen LogP contribution in [0.2, 0.25) is 0 Å². The first-order valence-corrected chi connectivity index (χ1v) is 6.23. The van der Waals surface area contributed by atoms with E-state index in [-0.39, 0.29) is 11.8 Å². The lowest BCUT2D eigenvalue weighted by molar-refractivity contribution is 0.407. The van der Waals surface area contributed by atoms with Crippen LogP contribution in [0.3, 0.4) is 0 Å². The van der Waals surface area contributed by atoms with E-state index in [1.165, 1.54) is 12.8 Å². The molecule has 2 rings (SSSR count). The van der Waals surface area contributed by atoms with Crippen molar-refractivity contribution in [1.82, 2.24) is 0 Å². The second-order valence-electron chi connectivity index (χ2n) is 4.33. The highest BCUT2D eigenvalue weighted by atomic mass is 79.9. The Labute approximate surface area is 104 Å². The fourth-order valence-corrected chi connectivity index (χ4v) is 2.29. The molecule has 0 unspecified atom stereocenters. The van der Waals surface area contributed by atoms with Crippen LogP contribution in [0.1, 0.15) is 30.9 Å².